The molecule has 0 spiro atoms. The van der Waals surface area contributed by atoms with Crippen LogP contribution in [0.15, 0.2) is 12.4 Å². The van der Waals surface area contributed by atoms with Crippen molar-refractivity contribution in [1.29, 1.82) is 0 Å². The molecule has 0 radical (unpaired) electrons. The van der Waals surface area contributed by atoms with Crippen LogP contribution in [0.4, 0.5) is 0 Å². The van der Waals surface area contributed by atoms with E-state index in [4.69, 9.17) is 4.74 Å². The Balaban J connectivity index is 1.92. The summed E-state index contributed by atoms with van der Waals surface area (Å²) >= 11 is 0. The van der Waals surface area contributed by atoms with Crippen LogP contribution in [0.5, 0.6) is 0 Å². The molecule has 0 atom stereocenters. The maximum atomic E-state index is 5.55. The van der Waals surface area contributed by atoms with Crippen LogP contribution in [0.3, 0.4) is 0 Å². The first-order valence-electron chi connectivity index (χ1n) is 5.97. The molecule has 0 saturated heterocycles. The van der Waals surface area contributed by atoms with Crippen LogP contribution in [0.25, 0.3) is 0 Å². The van der Waals surface area contributed by atoms with Crippen LogP contribution >= 0.6 is 0 Å². The van der Waals surface area contributed by atoms with E-state index in [1.807, 2.05) is 24.1 Å². The van der Waals surface area contributed by atoms with E-state index in [1.165, 1.54) is 5.56 Å². The van der Waals surface area contributed by atoms with Crippen LogP contribution in [0.2, 0.25) is 0 Å². The number of nitrogens with zero attached hydrogens (tertiary/aromatic N) is 2. The van der Waals surface area contributed by atoms with Gasteiger partial charge in [0.15, 0.2) is 0 Å². The highest BCUT2D eigenvalue weighted by molar-refractivity contribution is 5.03. The Hall–Kier alpha value is -0.870. The highest BCUT2D eigenvalue weighted by atomic mass is 16.5. The summed E-state index contributed by atoms with van der Waals surface area (Å²) < 4.78 is 7.37. The van der Waals surface area contributed by atoms with E-state index >= 15 is 0 Å². The predicted octanol–water partition coefficient (Wildman–Crippen LogP) is 1.37. The number of aromatic nitrogens is 2. The largest absolute Gasteiger partial charge is 0.381 e. The normalized spacial score (nSPS) is 11.2. The summed E-state index contributed by atoms with van der Waals surface area (Å²) in [5, 5.41) is 7.48. The van der Waals surface area contributed by atoms with Crippen molar-refractivity contribution in [3.05, 3.63) is 18.0 Å². The zero-order chi connectivity index (χ0) is 11.8. The maximum absolute atomic E-state index is 5.55. The topological polar surface area (TPSA) is 39.1 Å². The van der Waals surface area contributed by atoms with E-state index in [9.17, 15) is 0 Å². The number of ether oxygens (including phenoxy) is 1. The minimum Gasteiger partial charge on any atom is -0.381 e. The van der Waals surface area contributed by atoms with Gasteiger partial charge in [-0.2, -0.15) is 5.10 Å². The lowest BCUT2D eigenvalue weighted by Crippen LogP contribution is -2.24. The number of rotatable bonds is 8. The second-order valence-electron chi connectivity index (χ2n) is 4.35. The van der Waals surface area contributed by atoms with Gasteiger partial charge in [-0.15, -0.1) is 0 Å². The van der Waals surface area contributed by atoms with Crippen LogP contribution in [-0.4, -0.2) is 35.6 Å². The SMILES string of the molecule is CC(C)NCCCOCCc1cnn(C)c1. The molecule has 4 nitrogen and oxygen atoms in total. The fraction of sp³-hybridized carbons (Fsp3) is 0.750. The van der Waals surface area contributed by atoms with Crippen molar-refractivity contribution in [1.82, 2.24) is 15.1 Å². The molecule has 0 saturated carbocycles. The van der Waals surface area contributed by atoms with Gasteiger partial charge in [0.25, 0.3) is 0 Å². The summed E-state index contributed by atoms with van der Waals surface area (Å²) in [5.74, 6) is 0. The predicted molar refractivity (Wildman–Crippen MR) is 65.5 cm³/mol. The van der Waals surface area contributed by atoms with Gasteiger partial charge in [-0.1, -0.05) is 13.8 Å². The molecule has 0 aromatic carbocycles. The van der Waals surface area contributed by atoms with Crippen LogP contribution in [0.1, 0.15) is 25.8 Å². The summed E-state index contributed by atoms with van der Waals surface area (Å²) in [5.41, 5.74) is 1.24. The van der Waals surface area contributed by atoms with Crippen LogP contribution in [0, 0.1) is 0 Å². The van der Waals surface area contributed by atoms with E-state index in [-0.39, 0.29) is 0 Å². The van der Waals surface area contributed by atoms with Gasteiger partial charge in [-0.3, -0.25) is 4.68 Å². The van der Waals surface area contributed by atoms with Gasteiger partial charge in [0.2, 0.25) is 0 Å². The van der Waals surface area contributed by atoms with Gasteiger partial charge < -0.3 is 10.1 Å². The lowest BCUT2D eigenvalue weighted by molar-refractivity contribution is 0.134. The van der Waals surface area contributed by atoms with Crippen molar-refractivity contribution in [2.45, 2.75) is 32.7 Å². The van der Waals surface area contributed by atoms with Crippen molar-refractivity contribution in [2.24, 2.45) is 7.05 Å². The van der Waals surface area contributed by atoms with E-state index in [2.05, 4.69) is 24.3 Å². The number of hydrogen-bond acceptors (Lipinski definition) is 3. The molecule has 0 aliphatic carbocycles. The Morgan fingerprint density at radius 1 is 1.44 bits per heavy atom. The molecule has 0 aliphatic heterocycles. The van der Waals surface area contributed by atoms with Crippen LogP contribution < -0.4 is 5.32 Å². The summed E-state index contributed by atoms with van der Waals surface area (Å²) in [4.78, 5) is 0. The van der Waals surface area contributed by atoms with E-state index in [0.29, 0.717) is 6.04 Å². The first-order valence-corrected chi connectivity index (χ1v) is 5.97. The first-order chi connectivity index (χ1) is 7.68. The van der Waals surface area contributed by atoms with Crippen molar-refractivity contribution < 1.29 is 4.74 Å². The molecular weight excluding hydrogens is 202 g/mol. The molecule has 1 aromatic heterocycles. The average Bonchev–Trinajstić information content (AvgIpc) is 2.62. The second kappa shape index (κ2) is 7.41. The van der Waals surface area contributed by atoms with E-state index < -0.39 is 0 Å². The molecule has 0 amide bonds. The third-order valence-corrected chi connectivity index (χ3v) is 2.31. The molecule has 1 N–H and O–H groups in total. The quantitative estimate of drug-likeness (QED) is 0.679. The van der Waals surface area contributed by atoms with Gasteiger partial charge in [-0.25, -0.2) is 0 Å². The highest BCUT2D eigenvalue weighted by Crippen LogP contribution is 1.97. The van der Waals surface area contributed by atoms with Gasteiger partial charge in [0, 0.05) is 25.9 Å². The summed E-state index contributed by atoms with van der Waals surface area (Å²) in [7, 11) is 1.93. The first kappa shape index (κ1) is 13.2. The standard InChI is InChI=1S/C12H23N3O/c1-11(2)13-6-4-7-16-8-5-12-9-14-15(3)10-12/h9-11,13H,4-8H2,1-3H3. The molecular formula is C12H23N3O. The molecule has 1 aromatic rings. The highest BCUT2D eigenvalue weighted by Gasteiger charge is 1.96. The molecule has 0 aliphatic rings. The monoisotopic (exact) mass is 225 g/mol. The van der Waals surface area contributed by atoms with Crippen molar-refractivity contribution in [2.75, 3.05) is 19.8 Å². The average molecular weight is 225 g/mol. The lowest BCUT2D eigenvalue weighted by Gasteiger charge is -2.07. The Morgan fingerprint density at radius 3 is 2.88 bits per heavy atom. The zero-order valence-electron chi connectivity index (χ0n) is 10.6. The van der Waals surface area contributed by atoms with Crippen LogP contribution in [-0.2, 0) is 18.2 Å². The third kappa shape index (κ3) is 5.88. The minimum absolute atomic E-state index is 0.565. The van der Waals surface area contributed by atoms with E-state index in [1.54, 1.807) is 0 Å². The van der Waals surface area contributed by atoms with Gasteiger partial charge in [0.1, 0.15) is 0 Å². The molecule has 0 fully saturated rings. The molecule has 0 bridgehead atoms. The van der Waals surface area contributed by atoms with E-state index in [0.717, 1.165) is 32.6 Å². The molecule has 1 rings (SSSR count). The second-order valence-corrected chi connectivity index (χ2v) is 4.35. The fourth-order valence-electron chi connectivity index (χ4n) is 1.46. The molecule has 4 heteroatoms. The van der Waals surface area contributed by atoms with Gasteiger partial charge >= 0.3 is 0 Å². The lowest BCUT2D eigenvalue weighted by atomic mass is 10.3. The Morgan fingerprint density at radius 2 is 2.25 bits per heavy atom. The summed E-state index contributed by atoms with van der Waals surface area (Å²) in [6.07, 6.45) is 5.95. The minimum atomic E-state index is 0.565. The smallest absolute Gasteiger partial charge is 0.0522 e. The molecule has 1 heterocycles. The fourth-order valence-corrected chi connectivity index (χ4v) is 1.46. The molecule has 16 heavy (non-hydrogen) atoms. The Kier molecular flexibility index (Phi) is 6.11. The number of aryl methyl sites for hydroxylation is 1. The summed E-state index contributed by atoms with van der Waals surface area (Å²) in [6, 6.07) is 0.565. The third-order valence-electron chi connectivity index (χ3n) is 2.31. The molecule has 92 valence electrons. The van der Waals surface area contributed by atoms with Crippen molar-refractivity contribution >= 4 is 0 Å². The molecule has 0 unspecified atom stereocenters. The zero-order valence-corrected chi connectivity index (χ0v) is 10.6. The number of nitrogens with one attached hydrogen (secondary N) is 1. The maximum Gasteiger partial charge on any atom is 0.0522 e. The Bertz CT molecular complexity index is 284. The van der Waals surface area contributed by atoms with Crippen molar-refractivity contribution in [3.63, 3.8) is 0 Å². The van der Waals surface area contributed by atoms with Gasteiger partial charge in [0.05, 0.1) is 12.8 Å². The summed E-state index contributed by atoms with van der Waals surface area (Å²) in [6.45, 7) is 6.96. The van der Waals surface area contributed by atoms with Gasteiger partial charge in [-0.05, 0) is 24.9 Å². The Labute approximate surface area is 98.0 Å². The van der Waals surface area contributed by atoms with Crippen molar-refractivity contribution in [3.8, 4) is 0 Å². The number of hydrogen-bond donors (Lipinski definition) is 1.